The second kappa shape index (κ2) is 9.43. The van der Waals surface area contributed by atoms with Crippen LogP contribution in [-0.2, 0) is 16.0 Å². The molecule has 1 saturated carbocycles. The molecule has 31 heavy (non-hydrogen) atoms. The number of aromatic nitrogens is 1. The molecule has 0 bridgehead atoms. The summed E-state index contributed by atoms with van der Waals surface area (Å²) >= 11 is 1.60. The van der Waals surface area contributed by atoms with E-state index in [2.05, 4.69) is 40.3 Å². The smallest absolute Gasteiger partial charge is 0.227 e. The third-order valence-electron chi connectivity index (χ3n) is 5.39. The lowest BCUT2D eigenvalue weighted by molar-refractivity contribution is -0.119. The summed E-state index contributed by atoms with van der Waals surface area (Å²) < 4.78 is 0. The predicted octanol–water partition coefficient (Wildman–Crippen LogP) is 5.28. The lowest BCUT2D eigenvalue weighted by Gasteiger charge is -2.12. The van der Waals surface area contributed by atoms with Crippen LogP contribution in [-0.4, -0.2) is 22.8 Å². The normalized spacial score (nSPS) is 14.1. The van der Waals surface area contributed by atoms with Crippen LogP contribution in [0.3, 0.4) is 0 Å². The first-order chi connectivity index (χ1) is 15.0. The number of hydrogen-bond donors (Lipinski definition) is 2. The molecule has 0 spiro atoms. The zero-order chi connectivity index (χ0) is 21.8. The first kappa shape index (κ1) is 21.2. The van der Waals surface area contributed by atoms with E-state index >= 15 is 0 Å². The zero-order valence-electron chi connectivity index (χ0n) is 17.9. The molecule has 1 aliphatic rings. The fourth-order valence-electron chi connectivity index (χ4n) is 3.50. The van der Waals surface area contributed by atoms with Crippen molar-refractivity contribution >= 4 is 28.8 Å². The third kappa shape index (κ3) is 5.79. The average molecular weight is 434 g/mol. The zero-order valence-corrected chi connectivity index (χ0v) is 18.7. The number of aryl methyl sites for hydroxylation is 1. The third-order valence-corrected chi connectivity index (χ3v) is 6.29. The summed E-state index contributed by atoms with van der Waals surface area (Å²) in [5.41, 5.74) is 5.11. The summed E-state index contributed by atoms with van der Waals surface area (Å²) in [7, 11) is 0. The molecule has 0 aliphatic heterocycles. The van der Waals surface area contributed by atoms with Gasteiger partial charge in [0.2, 0.25) is 11.8 Å². The summed E-state index contributed by atoms with van der Waals surface area (Å²) in [6, 6.07) is 16.5. The van der Waals surface area contributed by atoms with Crippen molar-refractivity contribution in [3.8, 4) is 21.8 Å². The predicted molar refractivity (Wildman–Crippen MR) is 126 cm³/mol. The summed E-state index contributed by atoms with van der Waals surface area (Å²) in [6.07, 6.45) is 3.82. The molecule has 1 unspecified atom stereocenters. The highest BCUT2D eigenvalue weighted by Gasteiger charge is 2.29. The Morgan fingerprint density at radius 2 is 1.90 bits per heavy atom. The Hall–Kier alpha value is -2.99. The number of carbonyl (C=O) groups is 2. The Balaban J connectivity index is 1.40. The van der Waals surface area contributed by atoms with E-state index in [0.29, 0.717) is 0 Å². The molecule has 2 N–H and O–H groups in total. The van der Waals surface area contributed by atoms with Crippen LogP contribution in [0.1, 0.15) is 38.7 Å². The van der Waals surface area contributed by atoms with Crippen LogP contribution in [0.5, 0.6) is 0 Å². The van der Waals surface area contributed by atoms with Gasteiger partial charge in [0.05, 0.1) is 5.69 Å². The van der Waals surface area contributed by atoms with E-state index in [0.717, 1.165) is 53.2 Å². The first-order valence-electron chi connectivity index (χ1n) is 10.7. The van der Waals surface area contributed by atoms with E-state index in [9.17, 15) is 9.59 Å². The van der Waals surface area contributed by atoms with E-state index in [4.69, 9.17) is 4.98 Å². The maximum atomic E-state index is 12.0. The molecular formula is C25H27N3O2S. The van der Waals surface area contributed by atoms with Crippen LogP contribution in [0.4, 0.5) is 5.69 Å². The Morgan fingerprint density at radius 3 is 2.61 bits per heavy atom. The molecular weight excluding hydrogens is 406 g/mol. The molecule has 2 amide bonds. The SMILES string of the molecule is CC(=O)NC(C)CCc1ccc(-c2csc(-c3cccc(NC(=O)C4CC4)c3)n2)cc1. The van der Waals surface area contributed by atoms with Gasteiger partial charge in [0.15, 0.2) is 0 Å². The van der Waals surface area contributed by atoms with Crippen molar-refractivity contribution in [3.05, 3.63) is 59.5 Å². The maximum absolute atomic E-state index is 12.0. The molecule has 0 saturated heterocycles. The van der Waals surface area contributed by atoms with E-state index in [1.165, 1.54) is 5.56 Å². The van der Waals surface area contributed by atoms with E-state index in [1.54, 1.807) is 18.3 Å². The second-order valence-electron chi connectivity index (χ2n) is 8.22. The molecule has 160 valence electrons. The van der Waals surface area contributed by atoms with Crippen molar-refractivity contribution in [1.82, 2.24) is 10.3 Å². The second-order valence-corrected chi connectivity index (χ2v) is 9.08. The number of hydrogen-bond acceptors (Lipinski definition) is 4. The van der Waals surface area contributed by atoms with Gasteiger partial charge in [0.25, 0.3) is 0 Å². The number of thiazole rings is 1. The highest BCUT2D eigenvalue weighted by atomic mass is 32.1. The number of nitrogens with one attached hydrogen (secondary N) is 2. The fraction of sp³-hybridized carbons (Fsp3) is 0.320. The molecule has 1 fully saturated rings. The number of amides is 2. The van der Waals surface area contributed by atoms with Gasteiger partial charge in [-0.1, -0.05) is 36.4 Å². The monoisotopic (exact) mass is 433 g/mol. The van der Waals surface area contributed by atoms with Gasteiger partial charge in [-0.15, -0.1) is 11.3 Å². The Kier molecular flexibility index (Phi) is 6.47. The molecule has 5 nitrogen and oxygen atoms in total. The van der Waals surface area contributed by atoms with E-state index in [-0.39, 0.29) is 23.8 Å². The molecule has 1 aliphatic carbocycles. The number of benzene rings is 2. The molecule has 6 heteroatoms. The molecule has 2 aromatic carbocycles. The maximum Gasteiger partial charge on any atom is 0.227 e. The van der Waals surface area contributed by atoms with Gasteiger partial charge in [-0.3, -0.25) is 9.59 Å². The van der Waals surface area contributed by atoms with Gasteiger partial charge in [-0.2, -0.15) is 0 Å². The van der Waals surface area contributed by atoms with Gasteiger partial charge in [0, 0.05) is 41.1 Å². The van der Waals surface area contributed by atoms with E-state index < -0.39 is 0 Å². The minimum atomic E-state index is 0.0121. The van der Waals surface area contributed by atoms with Gasteiger partial charge >= 0.3 is 0 Å². The highest BCUT2D eigenvalue weighted by molar-refractivity contribution is 7.13. The van der Waals surface area contributed by atoms with Crippen LogP contribution < -0.4 is 10.6 Å². The molecule has 3 aromatic rings. The van der Waals surface area contributed by atoms with Crippen molar-refractivity contribution in [3.63, 3.8) is 0 Å². The van der Waals surface area contributed by atoms with Crippen molar-refractivity contribution < 1.29 is 9.59 Å². The summed E-state index contributed by atoms with van der Waals surface area (Å²) in [5.74, 6) is 0.313. The summed E-state index contributed by atoms with van der Waals surface area (Å²) in [6.45, 7) is 3.58. The standard InChI is InChI=1S/C25H27N3O2S/c1-16(26-17(2)29)6-7-18-8-10-19(11-9-18)23-15-31-25(28-23)21-4-3-5-22(14-21)27-24(30)20-12-13-20/h3-5,8-11,14-16,20H,6-7,12-13H2,1-2H3,(H,26,29)(H,27,30). The van der Waals surface area contributed by atoms with Crippen LogP contribution >= 0.6 is 11.3 Å². The number of anilines is 1. The van der Waals surface area contributed by atoms with Gasteiger partial charge < -0.3 is 10.6 Å². The number of carbonyl (C=O) groups excluding carboxylic acids is 2. The minimum Gasteiger partial charge on any atom is -0.354 e. The summed E-state index contributed by atoms with van der Waals surface area (Å²) in [5, 5.41) is 8.93. The molecule has 0 radical (unpaired) electrons. The van der Waals surface area contributed by atoms with Crippen LogP contribution in [0.2, 0.25) is 0 Å². The van der Waals surface area contributed by atoms with Gasteiger partial charge in [0.1, 0.15) is 5.01 Å². The van der Waals surface area contributed by atoms with Crippen molar-refractivity contribution in [2.24, 2.45) is 5.92 Å². The van der Waals surface area contributed by atoms with Gasteiger partial charge in [-0.05, 0) is 50.3 Å². The lowest BCUT2D eigenvalue weighted by atomic mass is 10.0. The van der Waals surface area contributed by atoms with Crippen molar-refractivity contribution in [2.75, 3.05) is 5.32 Å². The lowest BCUT2D eigenvalue weighted by Crippen LogP contribution is -2.30. The average Bonchev–Trinajstić information content (AvgIpc) is 3.49. The van der Waals surface area contributed by atoms with Crippen LogP contribution in [0.25, 0.3) is 21.8 Å². The Bertz CT molecular complexity index is 1070. The van der Waals surface area contributed by atoms with Crippen molar-refractivity contribution in [1.29, 1.82) is 0 Å². The summed E-state index contributed by atoms with van der Waals surface area (Å²) in [4.78, 5) is 28.0. The van der Waals surface area contributed by atoms with Crippen LogP contribution in [0, 0.1) is 5.92 Å². The fourth-order valence-corrected chi connectivity index (χ4v) is 4.33. The van der Waals surface area contributed by atoms with Crippen LogP contribution in [0.15, 0.2) is 53.9 Å². The molecule has 4 rings (SSSR count). The number of rotatable bonds is 8. The molecule has 1 atom stereocenters. The molecule has 1 heterocycles. The topological polar surface area (TPSA) is 71.1 Å². The molecule has 1 aromatic heterocycles. The minimum absolute atomic E-state index is 0.0121. The number of nitrogens with zero attached hydrogens (tertiary/aromatic N) is 1. The first-order valence-corrected chi connectivity index (χ1v) is 11.6. The largest absolute Gasteiger partial charge is 0.354 e. The van der Waals surface area contributed by atoms with Crippen molar-refractivity contribution in [2.45, 2.75) is 45.6 Å². The Morgan fingerprint density at radius 1 is 1.13 bits per heavy atom. The van der Waals surface area contributed by atoms with Gasteiger partial charge in [-0.25, -0.2) is 4.98 Å². The Labute approximate surface area is 186 Å². The highest BCUT2D eigenvalue weighted by Crippen LogP contribution is 2.32. The quantitative estimate of drug-likeness (QED) is 0.507. The van der Waals surface area contributed by atoms with E-state index in [1.807, 2.05) is 31.2 Å².